The molecule has 1 aliphatic rings. The maximum atomic E-state index is 12.5. The molecular formula is C22H26ClN5O2. The summed E-state index contributed by atoms with van der Waals surface area (Å²) >= 11 is 6.14. The first-order chi connectivity index (χ1) is 14.4. The minimum atomic E-state index is -0.105. The molecule has 8 heteroatoms. The summed E-state index contributed by atoms with van der Waals surface area (Å²) in [5.41, 5.74) is 2.85. The molecule has 2 aromatic heterocycles. The van der Waals surface area contributed by atoms with E-state index >= 15 is 0 Å². The molecule has 0 bridgehead atoms. The van der Waals surface area contributed by atoms with Gasteiger partial charge in [-0.05, 0) is 50.3 Å². The lowest BCUT2D eigenvalue weighted by molar-refractivity contribution is -0.116. The summed E-state index contributed by atoms with van der Waals surface area (Å²) in [7, 11) is 0. The van der Waals surface area contributed by atoms with E-state index < -0.39 is 0 Å². The molecule has 1 saturated heterocycles. The Balaban J connectivity index is 1.51. The van der Waals surface area contributed by atoms with E-state index in [0.29, 0.717) is 23.0 Å². The fourth-order valence-electron chi connectivity index (χ4n) is 3.75. The highest BCUT2D eigenvalue weighted by Gasteiger charge is 2.23. The number of halogens is 1. The van der Waals surface area contributed by atoms with Crippen LogP contribution in [-0.2, 0) is 11.2 Å². The molecule has 4 rings (SSSR count). The van der Waals surface area contributed by atoms with Gasteiger partial charge in [-0.25, -0.2) is 4.98 Å². The number of amides is 1. The lowest BCUT2D eigenvalue weighted by Crippen LogP contribution is -2.33. The predicted octanol–water partition coefficient (Wildman–Crippen LogP) is 4.70. The summed E-state index contributed by atoms with van der Waals surface area (Å²) in [5, 5.41) is 8.50. The number of aromatic nitrogens is 3. The Bertz CT molecular complexity index is 1070. The molecule has 0 radical (unpaired) electrons. The van der Waals surface area contributed by atoms with Crippen LogP contribution < -0.4 is 10.2 Å². The lowest BCUT2D eigenvalue weighted by atomic mass is 9.99. The normalized spacial score (nSPS) is 15.0. The van der Waals surface area contributed by atoms with Crippen LogP contribution in [0.5, 0.6) is 0 Å². The van der Waals surface area contributed by atoms with E-state index in [-0.39, 0.29) is 12.3 Å². The zero-order valence-corrected chi connectivity index (χ0v) is 18.3. The van der Waals surface area contributed by atoms with Gasteiger partial charge in [0.1, 0.15) is 17.0 Å². The summed E-state index contributed by atoms with van der Waals surface area (Å²) in [6.07, 6.45) is 2.94. The van der Waals surface area contributed by atoms with Gasteiger partial charge in [-0.2, -0.15) is 4.98 Å². The third-order valence-corrected chi connectivity index (χ3v) is 6.14. The highest BCUT2D eigenvalue weighted by atomic mass is 35.5. The Morgan fingerprint density at radius 3 is 2.80 bits per heavy atom. The highest BCUT2D eigenvalue weighted by molar-refractivity contribution is 6.31. The Kier molecular flexibility index (Phi) is 5.90. The maximum Gasteiger partial charge on any atom is 0.263 e. The topological polar surface area (TPSA) is 84.2 Å². The van der Waals surface area contributed by atoms with Gasteiger partial charge in [0.25, 0.3) is 5.71 Å². The molecule has 30 heavy (non-hydrogen) atoms. The first kappa shape index (κ1) is 20.6. The summed E-state index contributed by atoms with van der Waals surface area (Å²) in [5.74, 6) is 2.07. The van der Waals surface area contributed by atoms with E-state index in [1.807, 2.05) is 26.0 Å². The van der Waals surface area contributed by atoms with Crippen molar-refractivity contribution in [2.75, 3.05) is 23.3 Å². The van der Waals surface area contributed by atoms with Gasteiger partial charge >= 0.3 is 0 Å². The van der Waals surface area contributed by atoms with Crippen LogP contribution in [0.15, 0.2) is 22.7 Å². The minimum absolute atomic E-state index is 0.105. The van der Waals surface area contributed by atoms with E-state index in [0.717, 1.165) is 60.0 Å². The van der Waals surface area contributed by atoms with Crippen molar-refractivity contribution in [1.29, 1.82) is 0 Å². The van der Waals surface area contributed by atoms with Gasteiger partial charge in [-0.3, -0.25) is 4.79 Å². The number of rotatable bonds is 5. The molecule has 0 spiro atoms. The smallest absolute Gasteiger partial charge is 0.263 e. The number of anilines is 2. The second-order valence-electron chi connectivity index (χ2n) is 8.04. The average Bonchev–Trinajstić information content (AvgIpc) is 3.11. The summed E-state index contributed by atoms with van der Waals surface area (Å²) in [4.78, 5) is 24.1. The van der Waals surface area contributed by atoms with Crippen LogP contribution in [0.3, 0.4) is 0 Å². The van der Waals surface area contributed by atoms with E-state index in [9.17, 15) is 4.79 Å². The number of nitrogens with one attached hydrogen (secondary N) is 1. The number of piperidine rings is 1. The SMILES string of the molecule is Cc1c(Cl)cccc1NC(=O)CCc1nc(N2CCC(C)CC2)c2c(C)noc2n1. The van der Waals surface area contributed by atoms with Crippen molar-refractivity contribution in [3.63, 3.8) is 0 Å². The van der Waals surface area contributed by atoms with Gasteiger partial charge in [0.05, 0.1) is 5.69 Å². The Hall–Kier alpha value is -2.67. The third-order valence-electron chi connectivity index (χ3n) is 5.73. The summed E-state index contributed by atoms with van der Waals surface area (Å²) in [6, 6.07) is 5.46. The quantitative estimate of drug-likeness (QED) is 0.635. The number of fused-ring (bicyclic) bond motifs is 1. The predicted molar refractivity (Wildman–Crippen MR) is 118 cm³/mol. The van der Waals surface area contributed by atoms with E-state index in [1.54, 1.807) is 6.07 Å². The molecule has 1 aliphatic heterocycles. The van der Waals surface area contributed by atoms with E-state index in [4.69, 9.17) is 21.1 Å². The zero-order chi connectivity index (χ0) is 21.3. The molecule has 3 heterocycles. The van der Waals surface area contributed by atoms with Crippen molar-refractivity contribution in [1.82, 2.24) is 15.1 Å². The van der Waals surface area contributed by atoms with Gasteiger partial charge in [0.2, 0.25) is 5.91 Å². The van der Waals surface area contributed by atoms with Crippen LogP contribution in [0.4, 0.5) is 11.5 Å². The Morgan fingerprint density at radius 1 is 1.27 bits per heavy atom. The fourth-order valence-corrected chi connectivity index (χ4v) is 3.93. The van der Waals surface area contributed by atoms with E-state index in [2.05, 4.69) is 27.3 Å². The van der Waals surface area contributed by atoms with Crippen LogP contribution >= 0.6 is 11.6 Å². The lowest BCUT2D eigenvalue weighted by Gasteiger charge is -2.31. The molecule has 1 N–H and O–H groups in total. The molecule has 158 valence electrons. The number of benzene rings is 1. The molecule has 1 amide bonds. The molecule has 0 atom stereocenters. The molecule has 0 saturated carbocycles. The number of carbonyl (C=O) groups is 1. The van der Waals surface area contributed by atoms with Crippen molar-refractivity contribution in [2.45, 2.75) is 46.5 Å². The second-order valence-corrected chi connectivity index (χ2v) is 8.45. The largest absolute Gasteiger partial charge is 0.356 e. The van der Waals surface area contributed by atoms with Crippen molar-refractivity contribution in [3.8, 4) is 0 Å². The Labute approximate surface area is 180 Å². The van der Waals surface area contributed by atoms with Crippen LogP contribution in [-0.4, -0.2) is 34.1 Å². The molecular weight excluding hydrogens is 402 g/mol. The molecule has 0 unspecified atom stereocenters. The van der Waals surface area contributed by atoms with Gasteiger partial charge in [-0.1, -0.05) is 29.7 Å². The Morgan fingerprint density at radius 2 is 2.03 bits per heavy atom. The third kappa shape index (κ3) is 4.26. The van der Waals surface area contributed by atoms with Crippen molar-refractivity contribution >= 4 is 40.1 Å². The van der Waals surface area contributed by atoms with Crippen LogP contribution in [0.25, 0.3) is 11.1 Å². The second kappa shape index (κ2) is 8.60. The van der Waals surface area contributed by atoms with Crippen molar-refractivity contribution in [3.05, 3.63) is 40.3 Å². The molecule has 7 nitrogen and oxygen atoms in total. The zero-order valence-electron chi connectivity index (χ0n) is 17.5. The fraction of sp³-hybridized carbons (Fsp3) is 0.455. The monoisotopic (exact) mass is 427 g/mol. The molecule has 0 aliphatic carbocycles. The van der Waals surface area contributed by atoms with Gasteiger partial charge in [-0.15, -0.1) is 0 Å². The standard InChI is InChI=1S/C22H26ClN5O2/c1-13-9-11-28(12-10-13)21-20-15(3)27-30-22(20)26-18(25-21)7-8-19(29)24-17-6-4-5-16(23)14(17)2/h4-6,13H,7-12H2,1-3H3,(H,24,29). The van der Waals surface area contributed by atoms with Gasteiger partial charge < -0.3 is 14.7 Å². The molecule has 1 fully saturated rings. The minimum Gasteiger partial charge on any atom is -0.356 e. The van der Waals surface area contributed by atoms with Crippen LogP contribution in [0.1, 0.15) is 43.3 Å². The summed E-state index contributed by atoms with van der Waals surface area (Å²) in [6.45, 7) is 7.97. The first-order valence-corrected chi connectivity index (χ1v) is 10.7. The first-order valence-electron chi connectivity index (χ1n) is 10.3. The van der Waals surface area contributed by atoms with Gasteiger partial charge in [0.15, 0.2) is 0 Å². The van der Waals surface area contributed by atoms with Gasteiger partial charge in [0, 0.05) is 36.6 Å². The van der Waals surface area contributed by atoms with Crippen molar-refractivity contribution < 1.29 is 9.32 Å². The number of hydrogen-bond acceptors (Lipinski definition) is 6. The maximum absolute atomic E-state index is 12.5. The van der Waals surface area contributed by atoms with Crippen LogP contribution in [0, 0.1) is 19.8 Å². The molecule has 3 aromatic rings. The number of aryl methyl sites for hydroxylation is 2. The van der Waals surface area contributed by atoms with Crippen LogP contribution in [0.2, 0.25) is 5.02 Å². The average molecular weight is 428 g/mol. The number of nitrogens with zero attached hydrogens (tertiary/aromatic N) is 4. The number of hydrogen-bond donors (Lipinski definition) is 1. The van der Waals surface area contributed by atoms with E-state index in [1.165, 1.54) is 0 Å². The number of carbonyl (C=O) groups excluding carboxylic acids is 1. The summed E-state index contributed by atoms with van der Waals surface area (Å²) < 4.78 is 5.43. The molecule has 1 aromatic carbocycles. The highest BCUT2D eigenvalue weighted by Crippen LogP contribution is 2.30. The van der Waals surface area contributed by atoms with Crippen molar-refractivity contribution in [2.24, 2.45) is 5.92 Å².